The predicted molar refractivity (Wildman–Crippen MR) is 76.2 cm³/mol. The lowest BCUT2D eigenvalue weighted by Gasteiger charge is -2.11. The highest BCUT2D eigenvalue weighted by Crippen LogP contribution is 2.20. The number of carbonyl (C=O) groups is 3. The van der Waals surface area contributed by atoms with E-state index in [1.165, 1.54) is 25.1 Å². The highest BCUT2D eigenvalue weighted by Gasteiger charge is 2.14. The summed E-state index contributed by atoms with van der Waals surface area (Å²) in [7, 11) is 0. The van der Waals surface area contributed by atoms with Crippen LogP contribution < -0.4 is 16.4 Å². The molecule has 0 saturated heterocycles. The van der Waals surface area contributed by atoms with Gasteiger partial charge in [0, 0.05) is 19.2 Å². The Bertz CT molecular complexity index is 545. The summed E-state index contributed by atoms with van der Waals surface area (Å²) in [6.45, 7) is 1.62. The number of rotatable bonds is 7. The van der Waals surface area contributed by atoms with Crippen LogP contribution in [-0.2, 0) is 14.3 Å². The van der Waals surface area contributed by atoms with Gasteiger partial charge in [0.1, 0.15) is 6.61 Å². The third-order valence-corrected chi connectivity index (χ3v) is 2.34. The monoisotopic (exact) mass is 295 g/mol. The maximum absolute atomic E-state index is 11.6. The van der Waals surface area contributed by atoms with Crippen molar-refractivity contribution in [3.8, 4) is 0 Å². The van der Waals surface area contributed by atoms with Crippen molar-refractivity contribution in [2.45, 2.75) is 6.92 Å². The van der Waals surface area contributed by atoms with Crippen LogP contribution in [0, 0.1) is 0 Å². The number of carbonyl (C=O) groups excluding carboxylic acids is 2. The summed E-state index contributed by atoms with van der Waals surface area (Å²) in [4.78, 5) is 33.7. The second-order valence-electron chi connectivity index (χ2n) is 4.14. The van der Waals surface area contributed by atoms with E-state index in [2.05, 4.69) is 10.6 Å². The number of nitrogens with two attached hydrogens (primary N) is 1. The number of anilines is 2. The number of ether oxygens (including phenoxy) is 1. The highest BCUT2D eigenvalue weighted by molar-refractivity contribution is 6.02. The minimum absolute atomic E-state index is 0.123. The van der Waals surface area contributed by atoms with E-state index >= 15 is 0 Å². The second kappa shape index (κ2) is 7.98. The minimum Gasteiger partial charge on any atom is -0.478 e. The van der Waals surface area contributed by atoms with Crippen LogP contribution in [0.5, 0.6) is 0 Å². The normalized spacial score (nSPS) is 10.0. The van der Waals surface area contributed by atoms with Gasteiger partial charge in [0.25, 0.3) is 0 Å². The molecule has 5 N–H and O–H groups in total. The zero-order valence-corrected chi connectivity index (χ0v) is 11.5. The number of nitrogens with one attached hydrogen (secondary N) is 2. The van der Waals surface area contributed by atoms with Crippen LogP contribution in [0.3, 0.4) is 0 Å². The van der Waals surface area contributed by atoms with E-state index in [9.17, 15) is 14.4 Å². The van der Waals surface area contributed by atoms with Gasteiger partial charge in [-0.05, 0) is 18.2 Å². The molecular weight excluding hydrogens is 278 g/mol. The summed E-state index contributed by atoms with van der Waals surface area (Å²) in [6, 6.07) is 4.15. The van der Waals surface area contributed by atoms with Crippen LogP contribution in [0.1, 0.15) is 17.3 Å². The molecule has 0 aromatic heterocycles. The third-order valence-electron chi connectivity index (χ3n) is 2.34. The number of aromatic carboxylic acids is 1. The lowest BCUT2D eigenvalue weighted by Crippen LogP contribution is -2.22. The van der Waals surface area contributed by atoms with E-state index in [4.69, 9.17) is 15.6 Å². The lowest BCUT2D eigenvalue weighted by molar-refractivity contribution is -0.120. The van der Waals surface area contributed by atoms with Gasteiger partial charge in [-0.2, -0.15) is 0 Å². The van der Waals surface area contributed by atoms with Gasteiger partial charge in [0.15, 0.2) is 0 Å². The van der Waals surface area contributed by atoms with Gasteiger partial charge in [0.2, 0.25) is 11.8 Å². The zero-order valence-electron chi connectivity index (χ0n) is 11.5. The van der Waals surface area contributed by atoms with Crippen molar-refractivity contribution < 1.29 is 24.2 Å². The summed E-state index contributed by atoms with van der Waals surface area (Å²) in [6.07, 6.45) is 0. The van der Waals surface area contributed by atoms with Crippen molar-refractivity contribution in [3.05, 3.63) is 23.8 Å². The smallest absolute Gasteiger partial charge is 0.337 e. The van der Waals surface area contributed by atoms with E-state index in [1.807, 2.05) is 0 Å². The minimum atomic E-state index is -1.22. The largest absolute Gasteiger partial charge is 0.478 e. The summed E-state index contributed by atoms with van der Waals surface area (Å²) < 4.78 is 4.95. The average molecular weight is 295 g/mol. The standard InChI is InChI=1S/C13H17N3O5/c1-8(17)15-9-2-3-11(10(6-9)13(19)20)16-12(18)7-21-5-4-14/h2-3,6H,4-5,7,14H2,1H3,(H,15,17)(H,16,18)(H,19,20). The number of carboxylic acids is 1. The molecule has 21 heavy (non-hydrogen) atoms. The van der Waals surface area contributed by atoms with Gasteiger partial charge in [-0.3, -0.25) is 9.59 Å². The molecule has 0 unspecified atom stereocenters. The molecule has 0 saturated carbocycles. The quantitative estimate of drug-likeness (QED) is 0.534. The summed E-state index contributed by atoms with van der Waals surface area (Å²) in [5, 5.41) is 14.0. The van der Waals surface area contributed by atoms with E-state index in [1.54, 1.807) is 0 Å². The Balaban J connectivity index is 2.83. The Morgan fingerprint density at radius 3 is 2.57 bits per heavy atom. The predicted octanol–water partition coefficient (Wildman–Crippen LogP) is 0.257. The first-order chi connectivity index (χ1) is 9.93. The molecule has 8 heteroatoms. The van der Waals surface area contributed by atoms with Crippen LogP contribution in [0.25, 0.3) is 0 Å². The summed E-state index contributed by atoms with van der Waals surface area (Å²) in [5.41, 5.74) is 5.54. The number of hydrogen-bond donors (Lipinski definition) is 4. The molecule has 1 rings (SSSR count). The van der Waals surface area contributed by atoms with Gasteiger partial charge in [0.05, 0.1) is 17.9 Å². The molecule has 1 aromatic carbocycles. The van der Waals surface area contributed by atoms with Gasteiger partial charge < -0.3 is 26.2 Å². The van der Waals surface area contributed by atoms with E-state index in [0.29, 0.717) is 12.2 Å². The summed E-state index contributed by atoms with van der Waals surface area (Å²) >= 11 is 0. The van der Waals surface area contributed by atoms with Gasteiger partial charge in [-0.15, -0.1) is 0 Å². The van der Waals surface area contributed by atoms with Crippen molar-refractivity contribution in [2.24, 2.45) is 5.73 Å². The first-order valence-electron chi connectivity index (χ1n) is 6.16. The first kappa shape index (κ1) is 16.6. The molecule has 2 amide bonds. The van der Waals surface area contributed by atoms with Crippen LogP contribution in [0.15, 0.2) is 18.2 Å². The van der Waals surface area contributed by atoms with Crippen LogP contribution in [0.4, 0.5) is 11.4 Å². The maximum atomic E-state index is 11.6. The van der Waals surface area contributed by atoms with E-state index in [-0.39, 0.29) is 30.4 Å². The van der Waals surface area contributed by atoms with Crippen molar-refractivity contribution in [3.63, 3.8) is 0 Å². The Hall–Kier alpha value is -2.45. The number of amides is 2. The molecule has 0 aliphatic heterocycles. The Labute approximate surface area is 121 Å². The molecular formula is C13H17N3O5. The third kappa shape index (κ3) is 5.59. The molecule has 0 aliphatic rings. The van der Waals surface area contributed by atoms with E-state index < -0.39 is 11.9 Å². The molecule has 0 heterocycles. The van der Waals surface area contributed by atoms with Crippen molar-refractivity contribution >= 4 is 29.2 Å². The maximum Gasteiger partial charge on any atom is 0.337 e. The van der Waals surface area contributed by atoms with Gasteiger partial charge >= 0.3 is 5.97 Å². The van der Waals surface area contributed by atoms with Crippen LogP contribution in [-0.4, -0.2) is 42.6 Å². The SMILES string of the molecule is CC(=O)Nc1ccc(NC(=O)COCCN)c(C(=O)O)c1. The van der Waals surface area contributed by atoms with Crippen molar-refractivity contribution in [2.75, 3.05) is 30.4 Å². The molecule has 0 atom stereocenters. The topological polar surface area (TPSA) is 131 Å². The van der Waals surface area contributed by atoms with E-state index in [0.717, 1.165) is 0 Å². The lowest BCUT2D eigenvalue weighted by atomic mass is 10.1. The fourth-order valence-corrected chi connectivity index (χ4v) is 1.55. The summed E-state index contributed by atoms with van der Waals surface area (Å²) in [5.74, 6) is -2.03. The second-order valence-corrected chi connectivity index (χ2v) is 4.14. The Kier molecular flexibility index (Phi) is 6.31. The van der Waals surface area contributed by atoms with Crippen LogP contribution in [0.2, 0.25) is 0 Å². The molecule has 0 fully saturated rings. The molecule has 114 valence electrons. The Morgan fingerprint density at radius 2 is 2.00 bits per heavy atom. The Morgan fingerprint density at radius 1 is 1.29 bits per heavy atom. The molecule has 8 nitrogen and oxygen atoms in total. The molecule has 0 bridgehead atoms. The van der Waals surface area contributed by atoms with Crippen molar-refractivity contribution in [1.29, 1.82) is 0 Å². The fraction of sp³-hybridized carbons (Fsp3) is 0.308. The molecule has 0 aliphatic carbocycles. The fourth-order valence-electron chi connectivity index (χ4n) is 1.55. The van der Waals surface area contributed by atoms with Crippen molar-refractivity contribution in [1.82, 2.24) is 0 Å². The number of hydrogen-bond acceptors (Lipinski definition) is 5. The highest BCUT2D eigenvalue weighted by atomic mass is 16.5. The van der Waals surface area contributed by atoms with Gasteiger partial charge in [-0.1, -0.05) is 0 Å². The zero-order chi connectivity index (χ0) is 15.8. The first-order valence-corrected chi connectivity index (χ1v) is 6.16. The molecule has 0 radical (unpaired) electrons. The van der Waals surface area contributed by atoms with Gasteiger partial charge in [-0.25, -0.2) is 4.79 Å². The molecule has 1 aromatic rings. The number of benzene rings is 1. The van der Waals surface area contributed by atoms with Crippen LogP contribution >= 0.6 is 0 Å². The molecule has 0 spiro atoms. The average Bonchev–Trinajstić information content (AvgIpc) is 2.40. The number of carboxylic acid groups (broad SMARTS) is 1.